The van der Waals surface area contributed by atoms with Crippen molar-refractivity contribution < 1.29 is 4.79 Å². The summed E-state index contributed by atoms with van der Waals surface area (Å²) in [7, 11) is 0. The number of thiophene rings is 1. The van der Waals surface area contributed by atoms with E-state index < -0.39 is 0 Å². The molecule has 2 heterocycles. The zero-order valence-corrected chi connectivity index (χ0v) is 10.7. The third-order valence-electron chi connectivity index (χ3n) is 2.12. The molecule has 16 heavy (non-hydrogen) atoms. The van der Waals surface area contributed by atoms with Crippen LogP contribution in [-0.4, -0.2) is 10.9 Å². The van der Waals surface area contributed by atoms with Crippen LogP contribution in [0.3, 0.4) is 0 Å². The van der Waals surface area contributed by atoms with Crippen molar-refractivity contribution in [1.29, 1.82) is 0 Å². The highest BCUT2D eigenvalue weighted by atomic mass is 32.1. The predicted molar refractivity (Wildman–Crippen MR) is 67.7 cm³/mol. The second kappa shape index (κ2) is 4.76. The van der Waals surface area contributed by atoms with Crippen molar-refractivity contribution in [3.05, 3.63) is 28.1 Å². The second-order valence-electron chi connectivity index (χ2n) is 3.41. The fourth-order valence-electron chi connectivity index (χ4n) is 1.30. The average Bonchev–Trinajstić information content (AvgIpc) is 2.83. The Morgan fingerprint density at radius 3 is 3.00 bits per heavy atom. The summed E-state index contributed by atoms with van der Waals surface area (Å²) in [5.74, 6) is -0.00882. The molecule has 0 unspecified atom stereocenters. The number of amides is 1. The molecule has 0 fully saturated rings. The minimum Gasteiger partial charge on any atom is -0.351 e. The lowest BCUT2D eigenvalue weighted by Crippen LogP contribution is -2.18. The lowest BCUT2D eigenvalue weighted by molar-refractivity contribution is -0.119. The number of hydrogen-bond acceptors (Lipinski definition) is 4. The maximum absolute atomic E-state index is 10.8. The van der Waals surface area contributed by atoms with E-state index in [1.165, 1.54) is 11.8 Å². The lowest BCUT2D eigenvalue weighted by atomic mass is 10.4. The van der Waals surface area contributed by atoms with E-state index in [0.717, 1.165) is 15.6 Å². The van der Waals surface area contributed by atoms with Gasteiger partial charge in [0.25, 0.3) is 0 Å². The summed E-state index contributed by atoms with van der Waals surface area (Å²) in [6, 6.07) is 4.08. The van der Waals surface area contributed by atoms with Crippen LogP contribution in [0, 0.1) is 6.92 Å². The van der Waals surface area contributed by atoms with E-state index in [4.69, 9.17) is 0 Å². The van der Waals surface area contributed by atoms with E-state index in [9.17, 15) is 4.79 Å². The Morgan fingerprint density at radius 2 is 2.38 bits per heavy atom. The van der Waals surface area contributed by atoms with Gasteiger partial charge in [-0.25, -0.2) is 4.98 Å². The molecule has 0 aliphatic carbocycles. The van der Waals surface area contributed by atoms with Crippen LogP contribution in [0.15, 0.2) is 17.5 Å². The van der Waals surface area contributed by atoms with Crippen LogP contribution in [0.2, 0.25) is 0 Å². The van der Waals surface area contributed by atoms with Gasteiger partial charge < -0.3 is 5.32 Å². The highest BCUT2D eigenvalue weighted by Gasteiger charge is 2.09. The van der Waals surface area contributed by atoms with Crippen LogP contribution in [0.1, 0.15) is 17.5 Å². The Labute approximate surface area is 102 Å². The van der Waals surface area contributed by atoms with Crippen LogP contribution in [0.5, 0.6) is 0 Å². The molecule has 0 radical (unpaired) electrons. The number of hydrogen-bond donors (Lipinski definition) is 1. The number of thiazole rings is 1. The first-order valence-corrected chi connectivity index (χ1v) is 6.61. The van der Waals surface area contributed by atoms with E-state index in [-0.39, 0.29) is 5.91 Å². The fraction of sp³-hybridized carbons (Fsp3) is 0.273. The van der Waals surface area contributed by atoms with Crippen molar-refractivity contribution in [1.82, 2.24) is 10.3 Å². The fourth-order valence-corrected chi connectivity index (χ4v) is 3.10. The summed E-state index contributed by atoms with van der Waals surface area (Å²) in [4.78, 5) is 17.7. The molecule has 0 aromatic carbocycles. The molecule has 0 bridgehead atoms. The number of nitrogens with one attached hydrogen (secondary N) is 1. The van der Waals surface area contributed by atoms with Gasteiger partial charge in [0.05, 0.1) is 17.1 Å². The number of aryl methyl sites for hydroxylation is 1. The van der Waals surface area contributed by atoms with Gasteiger partial charge in [0.1, 0.15) is 5.01 Å². The van der Waals surface area contributed by atoms with Crippen molar-refractivity contribution in [3.8, 4) is 9.88 Å². The second-order valence-corrected chi connectivity index (χ2v) is 5.45. The Kier molecular flexibility index (Phi) is 3.36. The summed E-state index contributed by atoms with van der Waals surface area (Å²) in [6.45, 7) is 4.07. The smallest absolute Gasteiger partial charge is 0.217 e. The largest absolute Gasteiger partial charge is 0.351 e. The third kappa shape index (κ3) is 2.48. The standard InChI is InChI=1S/C11H12N2OS2/c1-7-10(6-12-8(2)14)16-11(13-7)9-4-3-5-15-9/h3-5H,6H2,1-2H3,(H,12,14). The molecule has 5 heteroatoms. The van der Waals surface area contributed by atoms with Crippen molar-refractivity contribution in [2.24, 2.45) is 0 Å². The minimum absolute atomic E-state index is 0.00882. The summed E-state index contributed by atoms with van der Waals surface area (Å²) in [5, 5.41) is 5.87. The third-order valence-corrected chi connectivity index (χ3v) is 4.32. The van der Waals surface area contributed by atoms with Gasteiger partial charge in [0.2, 0.25) is 5.91 Å². The molecule has 0 aliphatic heterocycles. The molecule has 2 aromatic heterocycles. The van der Waals surface area contributed by atoms with Crippen molar-refractivity contribution >= 4 is 28.6 Å². The first kappa shape index (κ1) is 11.3. The SMILES string of the molecule is CC(=O)NCc1sc(-c2cccs2)nc1C. The van der Waals surface area contributed by atoms with Crippen molar-refractivity contribution in [3.63, 3.8) is 0 Å². The number of carbonyl (C=O) groups is 1. The molecule has 0 spiro atoms. The molecule has 3 nitrogen and oxygen atoms in total. The molecule has 0 aliphatic rings. The molecule has 84 valence electrons. The molecule has 2 rings (SSSR count). The molecular formula is C11H12N2OS2. The number of nitrogens with zero attached hydrogens (tertiary/aromatic N) is 1. The van der Waals surface area contributed by atoms with Gasteiger partial charge in [-0.15, -0.1) is 22.7 Å². The van der Waals surface area contributed by atoms with E-state index in [1.54, 1.807) is 22.7 Å². The number of carbonyl (C=O) groups excluding carboxylic acids is 1. The molecule has 0 atom stereocenters. The summed E-state index contributed by atoms with van der Waals surface area (Å²) in [6.07, 6.45) is 0. The van der Waals surface area contributed by atoms with Crippen LogP contribution < -0.4 is 5.32 Å². The van der Waals surface area contributed by atoms with E-state index >= 15 is 0 Å². The minimum atomic E-state index is -0.00882. The first-order valence-electron chi connectivity index (χ1n) is 4.91. The zero-order chi connectivity index (χ0) is 11.5. The molecule has 1 amide bonds. The Morgan fingerprint density at radius 1 is 1.56 bits per heavy atom. The van der Waals surface area contributed by atoms with Gasteiger partial charge in [-0.2, -0.15) is 0 Å². The normalized spacial score (nSPS) is 10.4. The lowest BCUT2D eigenvalue weighted by Gasteiger charge is -1.98. The van der Waals surface area contributed by atoms with Crippen molar-refractivity contribution in [2.75, 3.05) is 0 Å². The number of aromatic nitrogens is 1. The summed E-state index contributed by atoms with van der Waals surface area (Å²) < 4.78 is 0. The summed E-state index contributed by atoms with van der Waals surface area (Å²) >= 11 is 3.33. The highest BCUT2D eigenvalue weighted by molar-refractivity contribution is 7.21. The molecule has 1 N–H and O–H groups in total. The molecule has 0 saturated carbocycles. The van der Waals surface area contributed by atoms with Gasteiger partial charge >= 0.3 is 0 Å². The van der Waals surface area contributed by atoms with E-state index in [2.05, 4.69) is 16.4 Å². The van der Waals surface area contributed by atoms with Crippen LogP contribution in [-0.2, 0) is 11.3 Å². The van der Waals surface area contributed by atoms with Gasteiger partial charge in [-0.1, -0.05) is 6.07 Å². The Bertz CT molecular complexity index is 488. The van der Waals surface area contributed by atoms with Crippen LogP contribution >= 0.6 is 22.7 Å². The molecular weight excluding hydrogens is 240 g/mol. The summed E-state index contributed by atoms with van der Waals surface area (Å²) in [5.41, 5.74) is 1.00. The average molecular weight is 252 g/mol. The number of rotatable bonds is 3. The molecule has 2 aromatic rings. The molecule has 0 saturated heterocycles. The van der Waals surface area contributed by atoms with Crippen LogP contribution in [0.4, 0.5) is 0 Å². The first-order chi connectivity index (χ1) is 7.66. The monoisotopic (exact) mass is 252 g/mol. The van der Waals surface area contributed by atoms with Gasteiger partial charge in [0.15, 0.2) is 0 Å². The quantitative estimate of drug-likeness (QED) is 0.912. The van der Waals surface area contributed by atoms with E-state index in [0.29, 0.717) is 6.54 Å². The Hall–Kier alpha value is -1.20. The van der Waals surface area contributed by atoms with Crippen LogP contribution in [0.25, 0.3) is 9.88 Å². The maximum Gasteiger partial charge on any atom is 0.217 e. The topological polar surface area (TPSA) is 42.0 Å². The highest BCUT2D eigenvalue weighted by Crippen LogP contribution is 2.30. The van der Waals surface area contributed by atoms with Gasteiger partial charge in [-0.3, -0.25) is 4.79 Å². The van der Waals surface area contributed by atoms with Crippen molar-refractivity contribution in [2.45, 2.75) is 20.4 Å². The Balaban J connectivity index is 2.19. The predicted octanol–water partition coefficient (Wildman–Crippen LogP) is 2.82. The van der Waals surface area contributed by atoms with Gasteiger partial charge in [-0.05, 0) is 18.4 Å². The van der Waals surface area contributed by atoms with E-state index in [1.807, 2.05) is 18.4 Å². The zero-order valence-electron chi connectivity index (χ0n) is 9.11. The van der Waals surface area contributed by atoms with Gasteiger partial charge in [0, 0.05) is 11.8 Å². The maximum atomic E-state index is 10.8.